The van der Waals surface area contributed by atoms with Crippen molar-refractivity contribution in [3.8, 4) is 0 Å². The average molecular weight is 379 g/mol. The molecule has 0 spiro atoms. The number of rotatable bonds is 5. The summed E-state index contributed by atoms with van der Waals surface area (Å²) < 4.78 is 5.40. The number of amides is 1. The second kappa shape index (κ2) is 8.56. The number of carbonyl (C=O) groups is 1. The molecule has 1 amide bonds. The van der Waals surface area contributed by atoms with Crippen LogP contribution in [0, 0.1) is 0 Å². The Morgan fingerprint density at radius 1 is 1.04 bits per heavy atom. The molecule has 0 atom stereocenters. The van der Waals surface area contributed by atoms with Crippen LogP contribution in [0.4, 0.5) is 11.4 Å². The Balaban J connectivity index is 1.68. The number of morpholine rings is 1. The minimum absolute atomic E-state index is 0.0586. The second-order valence-electron chi connectivity index (χ2n) is 5.88. The molecule has 2 aromatic carbocycles. The Morgan fingerprint density at radius 2 is 1.76 bits per heavy atom. The van der Waals surface area contributed by atoms with E-state index in [4.69, 9.17) is 27.9 Å². The summed E-state index contributed by atoms with van der Waals surface area (Å²) in [7, 11) is 0. The van der Waals surface area contributed by atoms with Crippen molar-refractivity contribution in [2.45, 2.75) is 12.8 Å². The molecule has 1 aliphatic heterocycles. The molecular weight excluding hydrogens is 359 g/mol. The van der Waals surface area contributed by atoms with Crippen LogP contribution in [0.15, 0.2) is 42.5 Å². The molecule has 132 valence electrons. The summed E-state index contributed by atoms with van der Waals surface area (Å²) in [6.45, 7) is 2.83. The topological polar surface area (TPSA) is 41.6 Å². The summed E-state index contributed by atoms with van der Waals surface area (Å²) in [5.41, 5.74) is 2.57. The van der Waals surface area contributed by atoms with Gasteiger partial charge >= 0.3 is 0 Å². The van der Waals surface area contributed by atoms with Gasteiger partial charge in [-0.1, -0.05) is 47.5 Å². The summed E-state index contributed by atoms with van der Waals surface area (Å²) in [6.07, 6.45) is 0.956. The summed E-state index contributed by atoms with van der Waals surface area (Å²) in [5, 5.41) is 4.31. The van der Waals surface area contributed by atoms with Gasteiger partial charge in [-0.25, -0.2) is 0 Å². The summed E-state index contributed by atoms with van der Waals surface area (Å²) in [4.78, 5) is 14.6. The van der Waals surface area contributed by atoms with Crippen LogP contribution in [0.1, 0.15) is 12.0 Å². The number of carbonyl (C=O) groups excluding carboxylic acids is 1. The maximum Gasteiger partial charge on any atom is 0.224 e. The molecule has 0 aliphatic carbocycles. The molecule has 25 heavy (non-hydrogen) atoms. The predicted molar refractivity (Wildman–Crippen MR) is 103 cm³/mol. The van der Waals surface area contributed by atoms with Crippen molar-refractivity contribution in [1.82, 2.24) is 0 Å². The fourth-order valence-electron chi connectivity index (χ4n) is 2.89. The standard InChI is InChI=1S/C19H20Cl2N2O2/c20-15-5-2-1-4-14(15)8-9-18(24)22-17-7-3-6-16(21)19(17)23-10-12-25-13-11-23/h1-7H,8-13H2,(H,22,24). The van der Waals surface area contributed by atoms with Crippen LogP contribution in [0.3, 0.4) is 0 Å². The molecule has 1 fully saturated rings. The van der Waals surface area contributed by atoms with Crippen molar-refractivity contribution < 1.29 is 9.53 Å². The lowest BCUT2D eigenvalue weighted by molar-refractivity contribution is -0.116. The minimum Gasteiger partial charge on any atom is -0.378 e. The maximum atomic E-state index is 12.4. The number of para-hydroxylation sites is 1. The first-order chi connectivity index (χ1) is 12.1. The zero-order valence-electron chi connectivity index (χ0n) is 13.8. The third kappa shape index (κ3) is 4.66. The van der Waals surface area contributed by atoms with E-state index < -0.39 is 0 Å². The Hall–Kier alpha value is -1.75. The van der Waals surface area contributed by atoms with Gasteiger partial charge in [0, 0.05) is 24.5 Å². The van der Waals surface area contributed by atoms with E-state index in [0.717, 1.165) is 30.0 Å². The maximum absolute atomic E-state index is 12.4. The van der Waals surface area contributed by atoms with Crippen molar-refractivity contribution in [1.29, 1.82) is 0 Å². The molecular formula is C19H20Cl2N2O2. The van der Waals surface area contributed by atoms with Crippen LogP contribution < -0.4 is 10.2 Å². The van der Waals surface area contributed by atoms with Crippen molar-refractivity contribution >= 4 is 40.5 Å². The van der Waals surface area contributed by atoms with E-state index in [1.54, 1.807) is 0 Å². The van der Waals surface area contributed by atoms with Crippen molar-refractivity contribution in [3.63, 3.8) is 0 Å². The summed E-state index contributed by atoms with van der Waals surface area (Å²) in [6, 6.07) is 13.1. The predicted octanol–water partition coefficient (Wildman–Crippen LogP) is 4.40. The number of hydrogen-bond donors (Lipinski definition) is 1. The molecule has 0 radical (unpaired) electrons. The van der Waals surface area contributed by atoms with E-state index in [0.29, 0.717) is 36.1 Å². The molecule has 0 saturated carbocycles. The molecule has 1 heterocycles. The van der Waals surface area contributed by atoms with Gasteiger partial charge < -0.3 is 15.0 Å². The van der Waals surface area contributed by atoms with Gasteiger partial charge in [0.15, 0.2) is 0 Å². The summed E-state index contributed by atoms with van der Waals surface area (Å²) in [5.74, 6) is -0.0586. The number of hydrogen-bond acceptors (Lipinski definition) is 3. The highest BCUT2D eigenvalue weighted by molar-refractivity contribution is 6.34. The highest BCUT2D eigenvalue weighted by Gasteiger charge is 2.19. The Kier molecular flexibility index (Phi) is 6.19. The zero-order chi connectivity index (χ0) is 17.6. The molecule has 3 rings (SSSR count). The van der Waals surface area contributed by atoms with E-state index in [9.17, 15) is 4.79 Å². The van der Waals surface area contributed by atoms with Gasteiger partial charge in [-0.15, -0.1) is 0 Å². The number of aryl methyl sites for hydroxylation is 1. The van der Waals surface area contributed by atoms with Crippen LogP contribution in [-0.2, 0) is 16.0 Å². The lowest BCUT2D eigenvalue weighted by atomic mass is 10.1. The molecule has 1 saturated heterocycles. The molecule has 0 unspecified atom stereocenters. The SMILES string of the molecule is O=C(CCc1ccccc1Cl)Nc1cccc(Cl)c1N1CCOCC1. The zero-order valence-corrected chi connectivity index (χ0v) is 15.3. The number of benzene rings is 2. The van der Waals surface area contributed by atoms with Crippen LogP contribution >= 0.6 is 23.2 Å². The van der Waals surface area contributed by atoms with Crippen molar-refractivity contribution in [2.24, 2.45) is 0 Å². The molecule has 1 aliphatic rings. The number of nitrogens with one attached hydrogen (secondary N) is 1. The van der Waals surface area contributed by atoms with Crippen molar-refractivity contribution in [2.75, 3.05) is 36.5 Å². The fourth-order valence-corrected chi connectivity index (χ4v) is 3.41. The van der Waals surface area contributed by atoms with Crippen molar-refractivity contribution in [3.05, 3.63) is 58.1 Å². The average Bonchev–Trinajstić information content (AvgIpc) is 2.62. The van der Waals surface area contributed by atoms with Gasteiger partial charge in [0.2, 0.25) is 5.91 Å². The third-order valence-corrected chi connectivity index (χ3v) is 4.84. The van der Waals surface area contributed by atoms with Crippen LogP contribution in [-0.4, -0.2) is 32.2 Å². The minimum atomic E-state index is -0.0586. The molecule has 2 aromatic rings. The molecule has 4 nitrogen and oxygen atoms in total. The van der Waals surface area contributed by atoms with Gasteiger partial charge in [-0.2, -0.15) is 0 Å². The highest BCUT2D eigenvalue weighted by Crippen LogP contribution is 2.34. The first kappa shape index (κ1) is 18.1. The van der Waals surface area contributed by atoms with E-state index in [1.165, 1.54) is 0 Å². The molecule has 0 aromatic heterocycles. The third-order valence-electron chi connectivity index (χ3n) is 4.17. The van der Waals surface area contributed by atoms with E-state index >= 15 is 0 Å². The Labute approximate surface area is 157 Å². The molecule has 6 heteroatoms. The Bertz CT molecular complexity index is 746. The Morgan fingerprint density at radius 3 is 2.52 bits per heavy atom. The van der Waals surface area contributed by atoms with Gasteiger partial charge in [-0.05, 0) is 30.2 Å². The molecule has 0 bridgehead atoms. The van der Waals surface area contributed by atoms with E-state index in [1.807, 2.05) is 42.5 Å². The van der Waals surface area contributed by atoms with Crippen LogP contribution in [0.25, 0.3) is 0 Å². The fraction of sp³-hybridized carbons (Fsp3) is 0.316. The van der Waals surface area contributed by atoms with Crippen LogP contribution in [0.2, 0.25) is 10.0 Å². The lowest BCUT2D eigenvalue weighted by Gasteiger charge is -2.31. The largest absolute Gasteiger partial charge is 0.378 e. The monoisotopic (exact) mass is 378 g/mol. The molecule has 1 N–H and O–H groups in total. The van der Waals surface area contributed by atoms with Gasteiger partial charge in [0.25, 0.3) is 0 Å². The van der Waals surface area contributed by atoms with E-state index in [2.05, 4.69) is 10.2 Å². The quantitative estimate of drug-likeness (QED) is 0.837. The smallest absolute Gasteiger partial charge is 0.224 e. The van der Waals surface area contributed by atoms with E-state index in [-0.39, 0.29) is 5.91 Å². The normalized spacial score (nSPS) is 14.4. The highest BCUT2D eigenvalue weighted by atomic mass is 35.5. The van der Waals surface area contributed by atoms with Gasteiger partial charge in [0.05, 0.1) is 29.6 Å². The van der Waals surface area contributed by atoms with Gasteiger partial charge in [0.1, 0.15) is 0 Å². The number of anilines is 2. The first-order valence-electron chi connectivity index (χ1n) is 8.29. The summed E-state index contributed by atoms with van der Waals surface area (Å²) >= 11 is 12.5. The van der Waals surface area contributed by atoms with Gasteiger partial charge in [-0.3, -0.25) is 4.79 Å². The number of halogens is 2. The number of ether oxygens (including phenoxy) is 1. The first-order valence-corrected chi connectivity index (χ1v) is 9.05. The lowest BCUT2D eigenvalue weighted by Crippen LogP contribution is -2.37. The second-order valence-corrected chi connectivity index (χ2v) is 6.69. The van der Waals surface area contributed by atoms with Crippen LogP contribution in [0.5, 0.6) is 0 Å². The number of nitrogens with zero attached hydrogens (tertiary/aromatic N) is 1.